The highest BCUT2D eigenvalue weighted by atomic mass is 35.5. The monoisotopic (exact) mass is 319 g/mol. The number of hydrogen-bond donors (Lipinski definition) is 1. The van der Waals surface area contributed by atoms with Crippen LogP contribution >= 0.6 is 11.6 Å². The van der Waals surface area contributed by atoms with Crippen molar-refractivity contribution in [2.75, 3.05) is 0 Å². The SMILES string of the molecule is O=C(/C=C/c1ccc(O)cc1)Oc1ccc(Cl)cc1[N+](=O)[O-]. The lowest BCUT2D eigenvalue weighted by Crippen LogP contribution is -2.05. The lowest BCUT2D eigenvalue weighted by Gasteiger charge is -2.02. The molecule has 7 heteroatoms. The number of nitro groups is 1. The summed E-state index contributed by atoms with van der Waals surface area (Å²) in [6.07, 6.45) is 2.59. The van der Waals surface area contributed by atoms with E-state index in [-0.39, 0.29) is 22.2 Å². The molecule has 0 atom stereocenters. The maximum absolute atomic E-state index is 11.7. The van der Waals surface area contributed by atoms with Gasteiger partial charge in [-0.25, -0.2) is 4.79 Å². The van der Waals surface area contributed by atoms with E-state index < -0.39 is 10.9 Å². The lowest BCUT2D eigenvalue weighted by atomic mass is 10.2. The molecule has 0 bridgehead atoms. The Morgan fingerprint density at radius 2 is 1.91 bits per heavy atom. The second-order valence-corrected chi connectivity index (χ2v) is 4.65. The number of ether oxygens (including phenoxy) is 1. The smallest absolute Gasteiger partial charge is 0.336 e. The van der Waals surface area contributed by atoms with E-state index in [1.54, 1.807) is 12.1 Å². The summed E-state index contributed by atoms with van der Waals surface area (Å²) in [6, 6.07) is 9.89. The molecule has 1 N–H and O–H groups in total. The molecule has 0 radical (unpaired) electrons. The Morgan fingerprint density at radius 1 is 1.23 bits per heavy atom. The van der Waals surface area contributed by atoms with E-state index in [4.69, 9.17) is 21.4 Å². The van der Waals surface area contributed by atoms with Crippen molar-refractivity contribution < 1.29 is 19.6 Å². The molecule has 0 aliphatic carbocycles. The van der Waals surface area contributed by atoms with Crippen LogP contribution in [0.5, 0.6) is 11.5 Å². The van der Waals surface area contributed by atoms with Gasteiger partial charge in [0.05, 0.1) is 4.92 Å². The van der Waals surface area contributed by atoms with Gasteiger partial charge in [0.25, 0.3) is 0 Å². The zero-order valence-electron chi connectivity index (χ0n) is 11.1. The maximum atomic E-state index is 11.7. The van der Waals surface area contributed by atoms with Crippen LogP contribution in [0, 0.1) is 10.1 Å². The van der Waals surface area contributed by atoms with Crippen LogP contribution in [-0.2, 0) is 4.79 Å². The third kappa shape index (κ3) is 4.07. The molecule has 0 aromatic heterocycles. The molecule has 0 fully saturated rings. The first kappa shape index (κ1) is 15.5. The number of carbonyl (C=O) groups is 1. The summed E-state index contributed by atoms with van der Waals surface area (Å²) in [5.41, 5.74) is 0.277. The van der Waals surface area contributed by atoms with Gasteiger partial charge < -0.3 is 9.84 Å². The minimum Gasteiger partial charge on any atom is -0.508 e. The number of halogens is 1. The van der Waals surface area contributed by atoms with E-state index in [1.165, 1.54) is 30.3 Å². The zero-order chi connectivity index (χ0) is 16.1. The van der Waals surface area contributed by atoms with Crippen LogP contribution in [0.2, 0.25) is 5.02 Å². The molecule has 0 saturated carbocycles. The first-order chi connectivity index (χ1) is 10.5. The number of benzene rings is 2. The fourth-order valence-corrected chi connectivity index (χ4v) is 1.78. The summed E-state index contributed by atoms with van der Waals surface area (Å²) in [7, 11) is 0. The van der Waals surface area contributed by atoms with Crippen molar-refractivity contribution in [2.45, 2.75) is 0 Å². The number of nitro benzene ring substituents is 1. The molecule has 2 rings (SSSR count). The van der Waals surface area contributed by atoms with Crippen LogP contribution in [0.15, 0.2) is 48.5 Å². The molecule has 0 spiro atoms. The van der Waals surface area contributed by atoms with Crippen molar-refractivity contribution >= 4 is 29.3 Å². The highest BCUT2D eigenvalue weighted by Crippen LogP contribution is 2.30. The predicted molar refractivity (Wildman–Crippen MR) is 80.9 cm³/mol. The summed E-state index contributed by atoms with van der Waals surface area (Å²) >= 11 is 5.67. The number of carbonyl (C=O) groups excluding carboxylic acids is 1. The van der Waals surface area contributed by atoms with E-state index in [1.807, 2.05) is 0 Å². The molecule has 112 valence electrons. The Bertz CT molecular complexity index is 740. The lowest BCUT2D eigenvalue weighted by molar-refractivity contribution is -0.385. The van der Waals surface area contributed by atoms with Crippen molar-refractivity contribution in [2.24, 2.45) is 0 Å². The first-order valence-corrected chi connectivity index (χ1v) is 6.46. The van der Waals surface area contributed by atoms with Crippen LogP contribution in [0.4, 0.5) is 5.69 Å². The number of nitrogens with zero attached hydrogens (tertiary/aromatic N) is 1. The number of phenolic OH excluding ortho intramolecular Hbond substituents is 1. The Labute approximate surface area is 130 Å². The van der Waals surface area contributed by atoms with Gasteiger partial charge in [-0.3, -0.25) is 10.1 Å². The summed E-state index contributed by atoms with van der Waals surface area (Å²) in [5, 5.41) is 20.2. The number of hydrogen-bond acceptors (Lipinski definition) is 5. The fourth-order valence-electron chi connectivity index (χ4n) is 1.61. The van der Waals surface area contributed by atoms with Crippen LogP contribution in [0.25, 0.3) is 6.08 Å². The molecular formula is C15H10ClNO5. The molecular weight excluding hydrogens is 310 g/mol. The average Bonchev–Trinajstić information content (AvgIpc) is 2.48. The van der Waals surface area contributed by atoms with Gasteiger partial charge in [0.1, 0.15) is 5.75 Å². The minimum atomic E-state index is -0.765. The third-order valence-corrected chi connectivity index (χ3v) is 2.87. The van der Waals surface area contributed by atoms with Crippen LogP contribution < -0.4 is 4.74 Å². The fraction of sp³-hybridized carbons (Fsp3) is 0. The van der Waals surface area contributed by atoms with Gasteiger partial charge in [0.2, 0.25) is 5.75 Å². The third-order valence-electron chi connectivity index (χ3n) is 2.63. The normalized spacial score (nSPS) is 10.6. The molecule has 2 aromatic rings. The molecule has 0 aliphatic heterocycles. The summed E-state index contributed by atoms with van der Waals surface area (Å²) in [5.74, 6) is -0.843. The van der Waals surface area contributed by atoms with E-state index in [9.17, 15) is 14.9 Å². The minimum absolute atomic E-state index is 0.108. The van der Waals surface area contributed by atoms with Gasteiger partial charge in [-0.2, -0.15) is 0 Å². The Morgan fingerprint density at radius 3 is 2.55 bits per heavy atom. The summed E-state index contributed by atoms with van der Waals surface area (Å²) in [4.78, 5) is 21.9. The topological polar surface area (TPSA) is 89.7 Å². The van der Waals surface area contributed by atoms with Crippen molar-refractivity contribution in [1.82, 2.24) is 0 Å². The Kier molecular flexibility index (Phi) is 4.75. The molecule has 0 unspecified atom stereocenters. The molecule has 0 heterocycles. The highest BCUT2D eigenvalue weighted by molar-refractivity contribution is 6.30. The van der Waals surface area contributed by atoms with E-state index >= 15 is 0 Å². The van der Waals surface area contributed by atoms with E-state index in [0.717, 1.165) is 12.1 Å². The van der Waals surface area contributed by atoms with Crippen LogP contribution in [0.1, 0.15) is 5.56 Å². The van der Waals surface area contributed by atoms with Crippen molar-refractivity contribution in [1.29, 1.82) is 0 Å². The standard InChI is InChI=1S/C15H10ClNO5/c16-11-4-7-14(13(9-11)17(20)21)22-15(19)8-3-10-1-5-12(18)6-2-10/h1-9,18H/b8-3+. The van der Waals surface area contributed by atoms with Gasteiger partial charge >= 0.3 is 11.7 Å². The molecule has 0 saturated heterocycles. The number of rotatable bonds is 4. The number of esters is 1. The van der Waals surface area contributed by atoms with Gasteiger partial charge in [-0.1, -0.05) is 23.7 Å². The average molecular weight is 320 g/mol. The van der Waals surface area contributed by atoms with Gasteiger partial charge in [-0.05, 0) is 35.9 Å². The summed E-state index contributed by atoms with van der Waals surface area (Å²) in [6.45, 7) is 0. The van der Waals surface area contributed by atoms with Gasteiger partial charge in [0.15, 0.2) is 0 Å². The predicted octanol–water partition coefficient (Wildman–Crippen LogP) is 3.57. The van der Waals surface area contributed by atoms with Crippen molar-refractivity contribution in [3.8, 4) is 11.5 Å². The number of aromatic hydroxyl groups is 1. The quantitative estimate of drug-likeness (QED) is 0.306. The first-order valence-electron chi connectivity index (χ1n) is 6.08. The van der Waals surface area contributed by atoms with Crippen molar-refractivity contribution in [3.05, 3.63) is 69.2 Å². The second kappa shape index (κ2) is 6.73. The Hall–Kier alpha value is -2.86. The molecule has 0 aliphatic rings. The van der Waals surface area contributed by atoms with Crippen molar-refractivity contribution in [3.63, 3.8) is 0 Å². The largest absolute Gasteiger partial charge is 0.508 e. The van der Waals surface area contributed by atoms with E-state index in [0.29, 0.717) is 5.56 Å². The molecule has 2 aromatic carbocycles. The molecule has 0 amide bonds. The highest BCUT2D eigenvalue weighted by Gasteiger charge is 2.17. The van der Waals surface area contributed by atoms with E-state index in [2.05, 4.69) is 0 Å². The van der Waals surface area contributed by atoms with Crippen LogP contribution in [0.3, 0.4) is 0 Å². The zero-order valence-corrected chi connectivity index (χ0v) is 11.9. The Balaban J connectivity index is 2.12. The number of phenols is 1. The maximum Gasteiger partial charge on any atom is 0.336 e. The van der Waals surface area contributed by atoms with Crippen LogP contribution in [-0.4, -0.2) is 16.0 Å². The second-order valence-electron chi connectivity index (χ2n) is 4.22. The van der Waals surface area contributed by atoms with Gasteiger partial charge in [0, 0.05) is 17.2 Å². The van der Waals surface area contributed by atoms with Gasteiger partial charge in [-0.15, -0.1) is 0 Å². The molecule has 6 nitrogen and oxygen atoms in total. The summed E-state index contributed by atoms with van der Waals surface area (Å²) < 4.78 is 4.93. The molecule has 22 heavy (non-hydrogen) atoms.